The van der Waals surface area contributed by atoms with Crippen molar-refractivity contribution < 1.29 is 14.7 Å². The molecule has 0 radical (unpaired) electrons. The van der Waals surface area contributed by atoms with E-state index in [0.29, 0.717) is 30.0 Å². The lowest BCUT2D eigenvalue weighted by Crippen LogP contribution is -2.26. The Hall–Kier alpha value is -1.56. The molecule has 0 saturated carbocycles. The van der Waals surface area contributed by atoms with Gasteiger partial charge in [-0.15, -0.1) is 11.8 Å². The molecule has 0 spiro atoms. The van der Waals surface area contributed by atoms with Crippen LogP contribution in [-0.4, -0.2) is 34.8 Å². The Labute approximate surface area is 116 Å². The maximum absolute atomic E-state index is 11.9. The molecule has 1 amide bonds. The Bertz CT molecular complexity index is 451. The molecule has 0 aliphatic carbocycles. The smallest absolute Gasteiger partial charge is 0.306 e. The molecule has 104 valence electrons. The van der Waals surface area contributed by atoms with Crippen LogP contribution in [0.3, 0.4) is 0 Å². The fraction of sp³-hybridized carbons (Fsp3) is 0.462. The van der Waals surface area contributed by atoms with E-state index in [1.807, 2.05) is 6.26 Å². The van der Waals surface area contributed by atoms with Crippen LogP contribution in [0.25, 0.3) is 0 Å². The number of aliphatic carboxylic acids is 1. The van der Waals surface area contributed by atoms with E-state index in [2.05, 4.69) is 10.3 Å². The molecule has 1 unspecified atom stereocenters. The first-order valence-corrected chi connectivity index (χ1v) is 7.28. The molecule has 1 rings (SSSR count). The van der Waals surface area contributed by atoms with Crippen molar-refractivity contribution in [3.8, 4) is 0 Å². The lowest BCUT2D eigenvalue weighted by molar-refractivity contribution is -0.141. The highest BCUT2D eigenvalue weighted by Gasteiger charge is 2.12. The van der Waals surface area contributed by atoms with Crippen molar-refractivity contribution in [2.45, 2.75) is 24.8 Å². The van der Waals surface area contributed by atoms with Crippen LogP contribution in [0.2, 0.25) is 0 Å². The van der Waals surface area contributed by atoms with Gasteiger partial charge in [-0.05, 0) is 31.2 Å². The van der Waals surface area contributed by atoms with Crippen molar-refractivity contribution in [2.75, 3.05) is 12.8 Å². The maximum atomic E-state index is 11.9. The van der Waals surface area contributed by atoms with E-state index in [4.69, 9.17) is 5.11 Å². The minimum absolute atomic E-state index is 0.166. The Morgan fingerprint density at radius 2 is 2.26 bits per heavy atom. The topological polar surface area (TPSA) is 79.3 Å². The van der Waals surface area contributed by atoms with Crippen molar-refractivity contribution in [1.29, 1.82) is 0 Å². The largest absolute Gasteiger partial charge is 0.481 e. The number of carbonyl (C=O) groups excluding carboxylic acids is 1. The number of hydrogen-bond donors (Lipinski definition) is 2. The van der Waals surface area contributed by atoms with Gasteiger partial charge >= 0.3 is 5.97 Å². The van der Waals surface area contributed by atoms with Crippen LogP contribution in [0, 0.1) is 5.92 Å². The van der Waals surface area contributed by atoms with Gasteiger partial charge in [-0.1, -0.05) is 6.92 Å². The molecule has 0 aromatic carbocycles. The van der Waals surface area contributed by atoms with Crippen LogP contribution < -0.4 is 5.32 Å². The highest BCUT2D eigenvalue weighted by Crippen LogP contribution is 2.16. The van der Waals surface area contributed by atoms with E-state index in [-0.39, 0.29) is 11.8 Å². The highest BCUT2D eigenvalue weighted by molar-refractivity contribution is 7.98. The number of thioether (sulfide) groups is 1. The molecule has 1 aromatic heterocycles. The van der Waals surface area contributed by atoms with Crippen molar-refractivity contribution >= 4 is 23.6 Å². The monoisotopic (exact) mass is 282 g/mol. The van der Waals surface area contributed by atoms with E-state index in [1.165, 1.54) is 11.8 Å². The van der Waals surface area contributed by atoms with Gasteiger partial charge < -0.3 is 10.4 Å². The molecule has 0 saturated heterocycles. The average molecular weight is 282 g/mol. The van der Waals surface area contributed by atoms with Gasteiger partial charge in [0.05, 0.1) is 11.5 Å². The number of pyridine rings is 1. The molecule has 0 fully saturated rings. The summed E-state index contributed by atoms with van der Waals surface area (Å²) in [5, 5.41) is 12.2. The summed E-state index contributed by atoms with van der Waals surface area (Å²) in [6, 6.07) is 3.45. The van der Waals surface area contributed by atoms with Crippen molar-refractivity contribution in [3.63, 3.8) is 0 Å². The summed E-state index contributed by atoms with van der Waals surface area (Å²) in [5.74, 6) is -1.35. The summed E-state index contributed by atoms with van der Waals surface area (Å²) in [4.78, 5) is 26.7. The van der Waals surface area contributed by atoms with Gasteiger partial charge in [0.1, 0.15) is 5.03 Å². The van der Waals surface area contributed by atoms with Gasteiger partial charge in [0.25, 0.3) is 5.91 Å². The molecule has 1 heterocycles. The lowest BCUT2D eigenvalue weighted by Gasteiger charge is -2.09. The van der Waals surface area contributed by atoms with E-state index < -0.39 is 5.97 Å². The number of carboxylic acids is 1. The van der Waals surface area contributed by atoms with Gasteiger partial charge in [-0.2, -0.15) is 0 Å². The number of amides is 1. The van der Waals surface area contributed by atoms with Gasteiger partial charge in [-0.3, -0.25) is 9.59 Å². The second-order valence-electron chi connectivity index (χ2n) is 4.20. The third kappa shape index (κ3) is 4.90. The minimum Gasteiger partial charge on any atom is -0.481 e. The van der Waals surface area contributed by atoms with Gasteiger partial charge in [0, 0.05) is 12.7 Å². The Morgan fingerprint density at radius 3 is 2.89 bits per heavy atom. The zero-order valence-corrected chi connectivity index (χ0v) is 11.9. The first-order chi connectivity index (χ1) is 9.06. The molecular weight excluding hydrogens is 264 g/mol. The lowest BCUT2D eigenvalue weighted by atomic mass is 10.1. The summed E-state index contributed by atoms with van der Waals surface area (Å²) in [7, 11) is 0. The predicted octanol–water partition coefficient (Wildman–Crippen LogP) is 2.03. The zero-order chi connectivity index (χ0) is 14.3. The summed E-state index contributed by atoms with van der Waals surface area (Å²) < 4.78 is 0. The molecule has 0 bridgehead atoms. The molecule has 2 N–H and O–H groups in total. The summed E-state index contributed by atoms with van der Waals surface area (Å²) >= 11 is 1.42. The SMILES string of the molecule is CSc1ncccc1C(=O)NCCCC(C)C(=O)O. The quantitative estimate of drug-likeness (QED) is 0.591. The third-order valence-electron chi connectivity index (χ3n) is 2.73. The Kier molecular flexibility index (Phi) is 6.35. The van der Waals surface area contributed by atoms with Crippen molar-refractivity contribution in [1.82, 2.24) is 10.3 Å². The molecule has 1 aromatic rings. The minimum atomic E-state index is -0.803. The molecule has 0 aliphatic rings. The predicted molar refractivity (Wildman–Crippen MR) is 74.4 cm³/mol. The van der Waals surface area contributed by atoms with Crippen LogP contribution >= 0.6 is 11.8 Å². The zero-order valence-electron chi connectivity index (χ0n) is 11.0. The van der Waals surface area contributed by atoms with Gasteiger partial charge in [0.15, 0.2) is 0 Å². The first-order valence-electron chi connectivity index (χ1n) is 6.06. The number of hydrogen-bond acceptors (Lipinski definition) is 4. The molecule has 6 heteroatoms. The molecule has 1 atom stereocenters. The van der Waals surface area contributed by atoms with Crippen LogP contribution in [0.5, 0.6) is 0 Å². The van der Waals surface area contributed by atoms with Gasteiger partial charge in [0.2, 0.25) is 0 Å². The number of rotatable bonds is 7. The number of carboxylic acid groups (broad SMARTS) is 1. The van der Waals surface area contributed by atoms with E-state index in [1.54, 1.807) is 25.3 Å². The molecule has 5 nitrogen and oxygen atoms in total. The fourth-order valence-electron chi connectivity index (χ4n) is 1.56. The van der Waals surface area contributed by atoms with E-state index >= 15 is 0 Å². The van der Waals surface area contributed by atoms with E-state index in [9.17, 15) is 9.59 Å². The maximum Gasteiger partial charge on any atom is 0.306 e. The number of nitrogens with zero attached hydrogens (tertiary/aromatic N) is 1. The van der Waals surface area contributed by atoms with Crippen molar-refractivity contribution in [2.24, 2.45) is 5.92 Å². The first kappa shape index (κ1) is 15.5. The van der Waals surface area contributed by atoms with Crippen LogP contribution in [0.15, 0.2) is 23.4 Å². The van der Waals surface area contributed by atoms with E-state index in [0.717, 1.165) is 0 Å². The summed E-state index contributed by atoms with van der Waals surface area (Å²) in [6.07, 6.45) is 4.72. The number of carbonyl (C=O) groups is 2. The fourth-order valence-corrected chi connectivity index (χ4v) is 2.10. The van der Waals surface area contributed by atoms with Crippen LogP contribution in [-0.2, 0) is 4.79 Å². The average Bonchev–Trinajstić information content (AvgIpc) is 2.42. The summed E-state index contributed by atoms with van der Waals surface area (Å²) in [5.41, 5.74) is 0.557. The summed E-state index contributed by atoms with van der Waals surface area (Å²) in [6.45, 7) is 2.14. The molecule has 19 heavy (non-hydrogen) atoms. The van der Waals surface area contributed by atoms with Crippen LogP contribution in [0.4, 0.5) is 0 Å². The second-order valence-corrected chi connectivity index (χ2v) is 4.99. The van der Waals surface area contributed by atoms with Gasteiger partial charge in [-0.25, -0.2) is 4.98 Å². The number of nitrogens with one attached hydrogen (secondary N) is 1. The Morgan fingerprint density at radius 1 is 1.53 bits per heavy atom. The molecular formula is C13H18N2O3S. The normalized spacial score (nSPS) is 11.9. The van der Waals surface area contributed by atoms with Crippen LogP contribution in [0.1, 0.15) is 30.1 Å². The third-order valence-corrected chi connectivity index (χ3v) is 3.44. The highest BCUT2D eigenvalue weighted by atomic mass is 32.2. The Balaban J connectivity index is 2.41. The van der Waals surface area contributed by atoms with Crippen molar-refractivity contribution in [3.05, 3.63) is 23.9 Å². The standard InChI is InChI=1S/C13H18N2O3S/c1-9(13(17)18)5-3-7-14-11(16)10-6-4-8-15-12(10)19-2/h4,6,8-9H,3,5,7H2,1-2H3,(H,14,16)(H,17,18). The number of aromatic nitrogens is 1. The molecule has 0 aliphatic heterocycles. The second kappa shape index (κ2) is 7.78.